The van der Waals surface area contributed by atoms with Crippen molar-refractivity contribution in [3.05, 3.63) is 59.2 Å². The molecule has 2 heterocycles. The standard InChI is InChI=1S/2C19H25FN2O2S/c2*1-18(2,3)24-17(23)10-16-22-19(8-4-5-12(19)11-25-16)14-9-13(21)6-7-15(14)20/h2*6-7,9,12H,4-5,8,10-11,21H2,1-3H3/t2*12-,19-/m00/s1. The van der Waals surface area contributed by atoms with Crippen molar-refractivity contribution in [3.8, 4) is 0 Å². The lowest BCUT2D eigenvalue weighted by Gasteiger charge is -2.37. The van der Waals surface area contributed by atoms with Crippen LogP contribution in [0.4, 0.5) is 20.2 Å². The van der Waals surface area contributed by atoms with Crippen molar-refractivity contribution in [3.63, 3.8) is 0 Å². The molecule has 50 heavy (non-hydrogen) atoms. The molecule has 0 amide bonds. The van der Waals surface area contributed by atoms with E-state index in [1.807, 2.05) is 41.5 Å². The van der Waals surface area contributed by atoms with E-state index in [4.69, 9.17) is 30.9 Å². The number of rotatable bonds is 6. The highest BCUT2D eigenvalue weighted by molar-refractivity contribution is 8.14. The van der Waals surface area contributed by atoms with Crippen LogP contribution in [-0.2, 0) is 30.1 Å². The topological polar surface area (TPSA) is 129 Å². The summed E-state index contributed by atoms with van der Waals surface area (Å²) >= 11 is 3.19. The molecule has 2 aliphatic carbocycles. The number of nitrogen functional groups attached to an aromatic ring is 2. The number of ether oxygens (including phenoxy) is 2. The molecule has 0 bridgehead atoms. The number of halogens is 2. The zero-order valence-corrected chi connectivity index (χ0v) is 31.6. The second kappa shape index (κ2) is 14.9. The summed E-state index contributed by atoms with van der Waals surface area (Å²) in [5.41, 5.74) is 11.8. The maximum absolute atomic E-state index is 14.6. The largest absolute Gasteiger partial charge is 0.460 e. The SMILES string of the molecule is CC(C)(C)OC(=O)CC1=N[C@@]2(c3cc(N)ccc3F)CCC[C@H]2CS1.CC(C)(C)OC(=O)CC1=N[C@@]2(c3cc(N)ccc3F)CCC[C@H]2CS1. The van der Waals surface area contributed by atoms with Gasteiger partial charge in [0.2, 0.25) is 0 Å². The quantitative estimate of drug-likeness (QED) is 0.224. The average molecular weight is 729 g/mol. The van der Waals surface area contributed by atoms with E-state index in [-0.39, 0.29) is 48.3 Å². The minimum Gasteiger partial charge on any atom is -0.460 e. The molecule has 272 valence electrons. The number of anilines is 2. The normalized spacial score (nSPS) is 26.1. The molecule has 2 aromatic rings. The predicted molar refractivity (Wildman–Crippen MR) is 200 cm³/mol. The molecule has 12 heteroatoms. The molecular weight excluding hydrogens is 679 g/mol. The molecule has 0 unspecified atom stereocenters. The number of nitrogens with zero attached hydrogens (tertiary/aromatic N) is 2. The molecule has 2 saturated carbocycles. The van der Waals surface area contributed by atoms with E-state index in [0.717, 1.165) is 60.1 Å². The van der Waals surface area contributed by atoms with Gasteiger partial charge in [-0.15, -0.1) is 23.5 Å². The fourth-order valence-electron chi connectivity index (χ4n) is 7.52. The van der Waals surface area contributed by atoms with E-state index in [0.29, 0.717) is 22.5 Å². The maximum Gasteiger partial charge on any atom is 0.312 e. The Balaban J connectivity index is 0.000000194. The smallest absolute Gasteiger partial charge is 0.312 e. The number of fused-ring (bicyclic) bond motifs is 2. The molecule has 0 radical (unpaired) electrons. The first-order chi connectivity index (χ1) is 23.4. The molecule has 4 aliphatic rings. The molecule has 6 rings (SSSR count). The van der Waals surface area contributed by atoms with Crippen molar-refractivity contribution in [1.29, 1.82) is 0 Å². The van der Waals surface area contributed by atoms with Gasteiger partial charge in [0.25, 0.3) is 0 Å². The van der Waals surface area contributed by atoms with Crippen LogP contribution in [0.25, 0.3) is 0 Å². The van der Waals surface area contributed by atoms with Crippen molar-refractivity contribution in [2.45, 2.75) is 115 Å². The zero-order valence-electron chi connectivity index (χ0n) is 29.9. The number of carbonyl (C=O) groups is 2. The number of benzene rings is 2. The van der Waals surface area contributed by atoms with Crippen LogP contribution in [-0.4, -0.2) is 44.7 Å². The van der Waals surface area contributed by atoms with Crippen LogP contribution in [0.5, 0.6) is 0 Å². The van der Waals surface area contributed by atoms with Gasteiger partial charge in [-0.25, -0.2) is 8.78 Å². The molecule has 0 aromatic heterocycles. The van der Waals surface area contributed by atoms with Gasteiger partial charge in [0.1, 0.15) is 22.8 Å². The molecular formula is C38H50F2N4O4S2. The Kier molecular flexibility index (Phi) is 11.3. The first-order valence-corrected chi connectivity index (χ1v) is 19.3. The molecule has 2 aromatic carbocycles. The van der Waals surface area contributed by atoms with Gasteiger partial charge in [0, 0.05) is 34.0 Å². The van der Waals surface area contributed by atoms with E-state index in [1.165, 1.54) is 12.1 Å². The van der Waals surface area contributed by atoms with Crippen molar-refractivity contribution in [2.24, 2.45) is 21.8 Å². The Labute approximate surface area is 303 Å². The Hall–Kier alpha value is -3.12. The summed E-state index contributed by atoms with van der Waals surface area (Å²) in [6, 6.07) is 9.39. The number of hydrogen-bond donors (Lipinski definition) is 2. The Bertz CT molecular complexity index is 1550. The summed E-state index contributed by atoms with van der Waals surface area (Å²) in [6.07, 6.45) is 5.90. The third-order valence-electron chi connectivity index (χ3n) is 9.47. The number of hydrogen-bond acceptors (Lipinski definition) is 10. The van der Waals surface area contributed by atoms with Crippen molar-refractivity contribution in [1.82, 2.24) is 0 Å². The highest BCUT2D eigenvalue weighted by atomic mass is 32.2. The van der Waals surface area contributed by atoms with Gasteiger partial charge in [0.05, 0.1) is 34.0 Å². The number of nitrogens with two attached hydrogens (primary N) is 2. The summed E-state index contributed by atoms with van der Waals surface area (Å²) in [6.45, 7) is 11.1. The van der Waals surface area contributed by atoms with Crippen molar-refractivity contribution >= 4 is 56.9 Å². The van der Waals surface area contributed by atoms with Crippen LogP contribution in [0.15, 0.2) is 46.4 Å². The average Bonchev–Trinajstić information content (AvgIpc) is 3.63. The summed E-state index contributed by atoms with van der Waals surface area (Å²) in [5, 5.41) is 1.46. The number of carbonyl (C=O) groups excluding carboxylic acids is 2. The molecule has 0 spiro atoms. The Morgan fingerprint density at radius 3 is 1.48 bits per heavy atom. The van der Waals surface area contributed by atoms with E-state index >= 15 is 0 Å². The molecule has 2 aliphatic heterocycles. The minimum atomic E-state index is -0.595. The number of thioether (sulfide) groups is 2. The first kappa shape index (κ1) is 38.1. The summed E-state index contributed by atoms with van der Waals surface area (Å²) < 4.78 is 40.0. The van der Waals surface area contributed by atoms with Gasteiger partial charge in [-0.2, -0.15) is 0 Å². The highest BCUT2D eigenvalue weighted by Gasteiger charge is 2.49. The summed E-state index contributed by atoms with van der Waals surface area (Å²) in [4.78, 5) is 34.1. The third kappa shape index (κ3) is 8.84. The van der Waals surface area contributed by atoms with Crippen LogP contribution >= 0.6 is 23.5 Å². The van der Waals surface area contributed by atoms with E-state index < -0.39 is 22.3 Å². The van der Waals surface area contributed by atoms with E-state index in [9.17, 15) is 18.4 Å². The second-order valence-electron chi connectivity index (χ2n) is 15.7. The Morgan fingerprint density at radius 2 is 1.12 bits per heavy atom. The molecule has 8 nitrogen and oxygen atoms in total. The molecule has 2 fully saturated rings. The summed E-state index contributed by atoms with van der Waals surface area (Å²) in [5.74, 6) is 1.11. The lowest BCUT2D eigenvalue weighted by molar-refractivity contribution is -0.154. The maximum atomic E-state index is 14.6. The van der Waals surface area contributed by atoms with Gasteiger partial charge in [-0.3, -0.25) is 19.6 Å². The molecule has 0 saturated heterocycles. The van der Waals surface area contributed by atoms with Gasteiger partial charge in [-0.05, 0) is 115 Å². The molecule has 4 atom stereocenters. The van der Waals surface area contributed by atoms with Crippen LogP contribution in [0.2, 0.25) is 0 Å². The van der Waals surface area contributed by atoms with Gasteiger partial charge >= 0.3 is 11.9 Å². The summed E-state index contributed by atoms with van der Waals surface area (Å²) in [7, 11) is 0. The number of aliphatic imine (C=N–C) groups is 2. The minimum absolute atomic E-state index is 0.139. The fourth-order valence-corrected chi connectivity index (χ4v) is 10.1. The third-order valence-corrected chi connectivity index (χ3v) is 11.7. The van der Waals surface area contributed by atoms with E-state index in [1.54, 1.807) is 47.8 Å². The Morgan fingerprint density at radius 1 is 0.740 bits per heavy atom. The highest BCUT2D eigenvalue weighted by Crippen LogP contribution is 2.53. The van der Waals surface area contributed by atoms with E-state index in [2.05, 4.69) is 0 Å². The van der Waals surface area contributed by atoms with Gasteiger partial charge in [-0.1, -0.05) is 12.8 Å². The molecule has 4 N–H and O–H groups in total. The second-order valence-corrected chi connectivity index (χ2v) is 17.9. The van der Waals surface area contributed by atoms with Gasteiger partial charge < -0.3 is 20.9 Å². The van der Waals surface area contributed by atoms with Gasteiger partial charge in [0.15, 0.2) is 0 Å². The zero-order chi connectivity index (χ0) is 36.5. The number of esters is 2. The predicted octanol–water partition coefficient (Wildman–Crippen LogP) is 8.56. The lowest BCUT2D eigenvalue weighted by atomic mass is 9.81. The van der Waals surface area contributed by atoms with Crippen LogP contribution in [0.1, 0.15) is 104 Å². The first-order valence-electron chi connectivity index (χ1n) is 17.4. The lowest BCUT2D eigenvalue weighted by Crippen LogP contribution is -2.36. The van der Waals surface area contributed by atoms with Crippen LogP contribution in [0, 0.1) is 23.5 Å². The fraction of sp³-hybridized carbons (Fsp3) is 0.579. The van der Waals surface area contributed by atoms with Crippen molar-refractivity contribution in [2.75, 3.05) is 23.0 Å². The van der Waals surface area contributed by atoms with Crippen LogP contribution < -0.4 is 11.5 Å². The van der Waals surface area contributed by atoms with Crippen LogP contribution in [0.3, 0.4) is 0 Å². The monoisotopic (exact) mass is 728 g/mol. The van der Waals surface area contributed by atoms with Crippen molar-refractivity contribution < 1.29 is 27.8 Å².